The second-order valence-electron chi connectivity index (χ2n) is 7.60. The lowest BCUT2D eigenvalue weighted by Gasteiger charge is -2.27. The Labute approximate surface area is 198 Å². The first-order valence-electron chi connectivity index (χ1n) is 11.0. The molecule has 0 fully saturated rings. The van der Waals surface area contributed by atoms with Crippen LogP contribution in [-0.4, -0.2) is 31.6 Å². The summed E-state index contributed by atoms with van der Waals surface area (Å²) in [6, 6.07) is 23.6. The van der Waals surface area contributed by atoms with Crippen molar-refractivity contribution in [2.45, 2.75) is 19.3 Å². The summed E-state index contributed by atoms with van der Waals surface area (Å²) in [5.74, 6) is 0.193. The molecule has 7 heteroatoms. The van der Waals surface area contributed by atoms with Crippen LogP contribution in [0.15, 0.2) is 72.8 Å². The Bertz CT molecular complexity index is 1170. The number of fused-ring (bicyclic) bond motifs is 2. The standard InChI is InChI=1S/C27H24N2O5/c1-2-32-20-14-12-19(13-15-20)29(17-7-16-28)25(30)18-33-27(31)26-21-8-3-5-10-23(21)34-24-11-6-4-9-22(24)26/h3-6,8-15,26H,2,7,17-18H2,1H3. The van der Waals surface area contributed by atoms with E-state index in [1.165, 1.54) is 4.90 Å². The average Bonchev–Trinajstić information content (AvgIpc) is 2.87. The van der Waals surface area contributed by atoms with Crippen LogP contribution < -0.4 is 14.4 Å². The van der Waals surface area contributed by atoms with E-state index >= 15 is 0 Å². The van der Waals surface area contributed by atoms with Crippen molar-refractivity contribution in [3.8, 4) is 23.3 Å². The number of para-hydroxylation sites is 2. The number of benzene rings is 3. The number of anilines is 1. The van der Waals surface area contributed by atoms with E-state index in [1.807, 2.05) is 43.3 Å². The molecule has 34 heavy (non-hydrogen) atoms. The van der Waals surface area contributed by atoms with Gasteiger partial charge in [0.05, 0.1) is 19.1 Å². The number of nitrogens with zero attached hydrogens (tertiary/aromatic N) is 2. The molecule has 7 nitrogen and oxygen atoms in total. The number of hydrogen-bond donors (Lipinski definition) is 0. The van der Waals surface area contributed by atoms with E-state index in [-0.39, 0.29) is 13.0 Å². The van der Waals surface area contributed by atoms with Gasteiger partial charge in [-0.1, -0.05) is 36.4 Å². The number of amides is 1. The molecule has 0 unspecified atom stereocenters. The summed E-state index contributed by atoms with van der Waals surface area (Å²) in [4.78, 5) is 27.7. The van der Waals surface area contributed by atoms with Crippen LogP contribution in [-0.2, 0) is 14.3 Å². The first-order valence-corrected chi connectivity index (χ1v) is 11.0. The van der Waals surface area contributed by atoms with Crippen molar-refractivity contribution in [1.29, 1.82) is 5.26 Å². The lowest BCUT2D eigenvalue weighted by atomic mass is 9.88. The van der Waals surface area contributed by atoms with Crippen LogP contribution in [0.25, 0.3) is 0 Å². The molecule has 1 aliphatic heterocycles. The maximum atomic E-state index is 13.2. The highest BCUT2D eigenvalue weighted by atomic mass is 16.5. The molecule has 0 aliphatic carbocycles. The Morgan fingerprint density at radius 3 is 2.18 bits per heavy atom. The van der Waals surface area contributed by atoms with Gasteiger partial charge in [-0.25, -0.2) is 0 Å². The van der Waals surface area contributed by atoms with Gasteiger partial charge in [-0.05, 0) is 43.3 Å². The van der Waals surface area contributed by atoms with Gasteiger partial charge >= 0.3 is 5.97 Å². The zero-order valence-corrected chi connectivity index (χ0v) is 18.8. The molecule has 3 aromatic rings. The molecule has 1 amide bonds. The van der Waals surface area contributed by atoms with Crippen molar-refractivity contribution < 1.29 is 23.8 Å². The van der Waals surface area contributed by atoms with Gasteiger partial charge in [-0.2, -0.15) is 5.26 Å². The van der Waals surface area contributed by atoms with Crippen LogP contribution in [0.4, 0.5) is 5.69 Å². The second kappa shape index (κ2) is 10.5. The molecule has 3 aromatic carbocycles. The summed E-state index contributed by atoms with van der Waals surface area (Å²) >= 11 is 0. The SMILES string of the molecule is CCOc1ccc(N(CCC#N)C(=O)COC(=O)C2c3ccccc3Oc3ccccc32)cc1. The number of hydrogen-bond acceptors (Lipinski definition) is 6. The highest BCUT2D eigenvalue weighted by Crippen LogP contribution is 2.44. The highest BCUT2D eigenvalue weighted by molar-refractivity contribution is 5.96. The minimum Gasteiger partial charge on any atom is -0.494 e. The Morgan fingerprint density at radius 1 is 0.971 bits per heavy atom. The molecule has 0 N–H and O–H groups in total. The lowest BCUT2D eigenvalue weighted by molar-refractivity contribution is -0.148. The molecule has 0 saturated carbocycles. The van der Waals surface area contributed by atoms with E-state index in [2.05, 4.69) is 6.07 Å². The molecule has 1 aliphatic rings. The van der Waals surface area contributed by atoms with Crippen LogP contribution in [0.3, 0.4) is 0 Å². The molecule has 0 aromatic heterocycles. The normalized spacial score (nSPS) is 11.9. The molecule has 0 atom stereocenters. The topological polar surface area (TPSA) is 88.9 Å². The van der Waals surface area contributed by atoms with Crippen LogP contribution in [0.1, 0.15) is 30.4 Å². The summed E-state index contributed by atoms with van der Waals surface area (Å²) < 4.78 is 16.9. The van der Waals surface area contributed by atoms with Gasteiger partial charge < -0.3 is 19.1 Å². The number of carbonyl (C=O) groups excluding carboxylic acids is 2. The number of nitriles is 1. The third kappa shape index (κ3) is 4.86. The molecular weight excluding hydrogens is 432 g/mol. The molecule has 0 bridgehead atoms. The molecule has 1 heterocycles. The van der Waals surface area contributed by atoms with Gasteiger partial charge in [-0.15, -0.1) is 0 Å². The van der Waals surface area contributed by atoms with Crippen molar-refractivity contribution in [1.82, 2.24) is 0 Å². The Balaban J connectivity index is 1.51. The predicted molar refractivity (Wildman–Crippen MR) is 126 cm³/mol. The van der Waals surface area contributed by atoms with Gasteiger partial charge in [-0.3, -0.25) is 9.59 Å². The number of ether oxygens (including phenoxy) is 3. The maximum Gasteiger partial charge on any atom is 0.318 e. The maximum absolute atomic E-state index is 13.2. The zero-order chi connectivity index (χ0) is 23.9. The van der Waals surface area contributed by atoms with Crippen LogP contribution in [0.5, 0.6) is 17.2 Å². The van der Waals surface area contributed by atoms with E-state index in [0.717, 1.165) is 0 Å². The number of rotatable bonds is 8. The lowest BCUT2D eigenvalue weighted by Crippen LogP contribution is -2.36. The van der Waals surface area contributed by atoms with Gasteiger partial charge in [0.1, 0.15) is 23.2 Å². The molecule has 4 rings (SSSR count). The predicted octanol–water partition coefficient (Wildman–Crippen LogP) is 4.81. The molecule has 0 radical (unpaired) electrons. The molecule has 172 valence electrons. The van der Waals surface area contributed by atoms with E-state index in [0.29, 0.717) is 40.7 Å². The van der Waals surface area contributed by atoms with Crippen molar-refractivity contribution in [3.63, 3.8) is 0 Å². The highest BCUT2D eigenvalue weighted by Gasteiger charge is 2.34. The Morgan fingerprint density at radius 2 is 1.59 bits per heavy atom. The quantitative estimate of drug-likeness (QED) is 0.452. The third-order valence-corrected chi connectivity index (χ3v) is 5.46. The molecule has 0 saturated heterocycles. The minimum absolute atomic E-state index is 0.146. The van der Waals surface area contributed by atoms with Crippen molar-refractivity contribution in [2.75, 3.05) is 24.7 Å². The molecular formula is C27H24N2O5. The summed E-state index contributed by atoms with van der Waals surface area (Å²) in [5.41, 5.74) is 1.97. The zero-order valence-electron chi connectivity index (χ0n) is 18.8. The Kier molecular flexibility index (Phi) is 7.09. The largest absolute Gasteiger partial charge is 0.494 e. The average molecular weight is 456 g/mol. The van der Waals surface area contributed by atoms with E-state index < -0.39 is 24.4 Å². The third-order valence-electron chi connectivity index (χ3n) is 5.46. The first kappa shape index (κ1) is 22.9. The van der Waals surface area contributed by atoms with Crippen LogP contribution in [0.2, 0.25) is 0 Å². The second-order valence-corrected chi connectivity index (χ2v) is 7.60. The fourth-order valence-electron chi connectivity index (χ4n) is 3.91. The van der Waals surface area contributed by atoms with E-state index in [1.54, 1.807) is 36.4 Å². The Hall–Kier alpha value is -4.31. The van der Waals surface area contributed by atoms with Crippen LogP contribution in [0, 0.1) is 11.3 Å². The summed E-state index contributed by atoms with van der Waals surface area (Å²) in [6.07, 6.45) is 0.146. The van der Waals surface area contributed by atoms with Gasteiger partial charge in [0, 0.05) is 23.4 Å². The number of carbonyl (C=O) groups is 2. The van der Waals surface area contributed by atoms with Crippen molar-refractivity contribution >= 4 is 17.6 Å². The summed E-state index contributed by atoms with van der Waals surface area (Å²) in [6.45, 7) is 2.16. The first-order chi connectivity index (χ1) is 16.6. The van der Waals surface area contributed by atoms with Gasteiger partial charge in [0.2, 0.25) is 0 Å². The number of esters is 1. The van der Waals surface area contributed by atoms with Crippen molar-refractivity contribution in [3.05, 3.63) is 83.9 Å². The van der Waals surface area contributed by atoms with Gasteiger partial charge in [0.15, 0.2) is 6.61 Å². The molecule has 0 spiro atoms. The summed E-state index contributed by atoms with van der Waals surface area (Å²) in [7, 11) is 0. The smallest absolute Gasteiger partial charge is 0.318 e. The fourth-order valence-corrected chi connectivity index (χ4v) is 3.91. The monoisotopic (exact) mass is 456 g/mol. The van der Waals surface area contributed by atoms with Crippen molar-refractivity contribution in [2.24, 2.45) is 0 Å². The van der Waals surface area contributed by atoms with E-state index in [9.17, 15) is 9.59 Å². The minimum atomic E-state index is -0.702. The fraction of sp³-hybridized carbons (Fsp3) is 0.222. The van der Waals surface area contributed by atoms with Crippen LogP contribution >= 0.6 is 0 Å². The summed E-state index contributed by atoms with van der Waals surface area (Å²) in [5, 5.41) is 9.03. The van der Waals surface area contributed by atoms with Gasteiger partial charge in [0.25, 0.3) is 5.91 Å². The van der Waals surface area contributed by atoms with E-state index in [4.69, 9.17) is 19.5 Å².